The number of rotatable bonds is 7. The molecule has 5 heteroatoms. The Hall–Kier alpha value is -1.39. The monoisotopic (exact) mass is 306 g/mol. The standard InChI is InChI=1S/C16H23ClN4/c1-12(2)10-21-16(19-11-20-21)8-13(9-18-3)14-6-4-5-7-15(14)17/h4-7,11-13,18H,8-10H2,1-3H3. The molecule has 1 heterocycles. The highest BCUT2D eigenvalue weighted by molar-refractivity contribution is 6.31. The lowest BCUT2D eigenvalue weighted by molar-refractivity contribution is 0.456. The second-order valence-electron chi connectivity index (χ2n) is 5.73. The van der Waals surface area contributed by atoms with E-state index in [-0.39, 0.29) is 0 Å². The van der Waals surface area contributed by atoms with Gasteiger partial charge in [-0.3, -0.25) is 0 Å². The van der Waals surface area contributed by atoms with Gasteiger partial charge in [-0.15, -0.1) is 0 Å². The van der Waals surface area contributed by atoms with Crippen LogP contribution in [0.25, 0.3) is 0 Å². The minimum Gasteiger partial charge on any atom is -0.319 e. The Bertz CT molecular complexity index is 565. The first-order valence-electron chi connectivity index (χ1n) is 7.37. The van der Waals surface area contributed by atoms with E-state index in [0.717, 1.165) is 35.9 Å². The molecule has 1 N–H and O–H groups in total. The smallest absolute Gasteiger partial charge is 0.138 e. The summed E-state index contributed by atoms with van der Waals surface area (Å²) in [6, 6.07) is 8.03. The zero-order valence-electron chi connectivity index (χ0n) is 12.9. The van der Waals surface area contributed by atoms with Crippen LogP contribution in [0.4, 0.5) is 0 Å². The van der Waals surface area contributed by atoms with E-state index < -0.39 is 0 Å². The molecule has 21 heavy (non-hydrogen) atoms. The van der Waals surface area contributed by atoms with E-state index in [4.69, 9.17) is 11.6 Å². The molecular formula is C16H23ClN4. The lowest BCUT2D eigenvalue weighted by Crippen LogP contribution is -2.22. The molecule has 0 aliphatic rings. The Labute approximate surface area is 131 Å². The quantitative estimate of drug-likeness (QED) is 0.854. The third kappa shape index (κ3) is 4.29. The van der Waals surface area contributed by atoms with Crippen molar-refractivity contribution in [3.05, 3.63) is 47.0 Å². The maximum Gasteiger partial charge on any atom is 0.138 e. The zero-order chi connectivity index (χ0) is 15.2. The van der Waals surface area contributed by atoms with Crippen LogP contribution in [0.15, 0.2) is 30.6 Å². The summed E-state index contributed by atoms with van der Waals surface area (Å²) in [7, 11) is 1.96. The Morgan fingerprint density at radius 2 is 2.05 bits per heavy atom. The van der Waals surface area contributed by atoms with Crippen LogP contribution in [-0.2, 0) is 13.0 Å². The van der Waals surface area contributed by atoms with Gasteiger partial charge >= 0.3 is 0 Å². The van der Waals surface area contributed by atoms with E-state index in [1.165, 1.54) is 0 Å². The lowest BCUT2D eigenvalue weighted by Gasteiger charge is -2.18. The van der Waals surface area contributed by atoms with Crippen molar-refractivity contribution in [1.82, 2.24) is 20.1 Å². The molecule has 0 saturated carbocycles. The topological polar surface area (TPSA) is 42.7 Å². The van der Waals surface area contributed by atoms with Crippen molar-refractivity contribution >= 4 is 11.6 Å². The minimum atomic E-state index is 0.291. The van der Waals surface area contributed by atoms with Crippen LogP contribution in [0.2, 0.25) is 5.02 Å². The molecule has 0 aliphatic heterocycles. The van der Waals surface area contributed by atoms with Crippen molar-refractivity contribution in [2.24, 2.45) is 5.92 Å². The Balaban J connectivity index is 2.21. The fourth-order valence-electron chi connectivity index (χ4n) is 2.51. The van der Waals surface area contributed by atoms with E-state index in [9.17, 15) is 0 Å². The number of halogens is 1. The summed E-state index contributed by atoms with van der Waals surface area (Å²) in [6.07, 6.45) is 2.47. The van der Waals surface area contributed by atoms with Crippen LogP contribution in [0.3, 0.4) is 0 Å². The van der Waals surface area contributed by atoms with Gasteiger partial charge in [0.25, 0.3) is 0 Å². The predicted molar refractivity (Wildman–Crippen MR) is 86.7 cm³/mol. The summed E-state index contributed by atoms with van der Waals surface area (Å²) < 4.78 is 2.00. The molecule has 114 valence electrons. The first kappa shape index (κ1) is 16.0. The fourth-order valence-corrected chi connectivity index (χ4v) is 2.80. The van der Waals surface area contributed by atoms with Crippen LogP contribution < -0.4 is 5.32 Å². The van der Waals surface area contributed by atoms with Crippen LogP contribution in [0, 0.1) is 5.92 Å². The average molecular weight is 307 g/mol. The van der Waals surface area contributed by atoms with Crippen molar-refractivity contribution in [2.75, 3.05) is 13.6 Å². The first-order valence-corrected chi connectivity index (χ1v) is 7.75. The van der Waals surface area contributed by atoms with Crippen molar-refractivity contribution in [3.8, 4) is 0 Å². The number of nitrogens with one attached hydrogen (secondary N) is 1. The molecule has 0 bridgehead atoms. The summed E-state index contributed by atoms with van der Waals surface area (Å²) >= 11 is 6.35. The largest absolute Gasteiger partial charge is 0.319 e. The Kier molecular flexibility index (Phi) is 5.76. The number of nitrogens with zero attached hydrogens (tertiary/aromatic N) is 3. The van der Waals surface area contributed by atoms with E-state index in [2.05, 4.69) is 35.3 Å². The van der Waals surface area contributed by atoms with Gasteiger partial charge in [-0.1, -0.05) is 43.6 Å². The van der Waals surface area contributed by atoms with Gasteiger partial charge in [0.1, 0.15) is 12.2 Å². The van der Waals surface area contributed by atoms with E-state index in [1.54, 1.807) is 6.33 Å². The van der Waals surface area contributed by atoms with Gasteiger partial charge in [-0.2, -0.15) is 5.10 Å². The van der Waals surface area contributed by atoms with Crippen molar-refractivity contribution in [2.45, 2.75) is 32.7 Å². The Morgan fingerprint density at radius 1 is 1.29 bits per heavy atom. The van der Waals surface area contributed by atoms with Gasteiger partial charge in [0.15, 0.2) is 0 Å². The second-order valence-corrected chi connectivity index (χ2v) is 6.14. The highest BCUT2D eigenvalue weighted by atomic mass is 35.5. The normalized spacial score (nSPS) is 12.8. The van der Waals surface area contributed by atoms with Gasteiger partial charge in [-0.05, 0) is 24.6 Å². The average Bonchev–Trinajstić information content (AvgIpc) is 2.85. The van der Waals surface area contributed by atoms with Crippen LogP contribution in [-0.4, -0.2) is 28.4 Å². The van der Waals surface area contributed by atoms with Crippen LogP contribution in [0.1, 0.15) is 31.2 Å². The zero-order valence-corrected chi connectivity index (χ0v) is 13.6. The summed E-state index contributed by atoms with van der Waals surface area (Å²) in [4.78, 5) is 4.43. The van der Waals surface area contributed by atoms with Crippen LogP contribution in [0.5, 0.6) is 0 Å². The number of hydrogen-bond acceptors (Lipinski definition) is 3. The molecule has 0 spiro atoms. The highest BCUT2D eigenvalue weighted by Gasteiger charge is 2.18. The molecule has 1 atom stereocenters. The lowest BCUT2D eigenvalue weighted by atomic mass is 9.95. The number of benzene rings is 1. The predicted octanol–water partition coefficient (Wildman–Crippen LogP) is 3.13. The SMILES string of the molecule is CNCC(Cc1ncnn1CC(C)C)c1ccccc1Cl. The van der Waals surface area contributed by atoms with Gasteiger partial charge < -0.3 is 5.32 Å². The first-order chi connectivity index (χ1) is 10.1. The van der Waals surface area contributed by atoms with Crippen molar-refractivity contribution < 1.29 is 0 Å². The number of likely N-dealkylation sites (N-methyl/N-ethyl adjacent to an activating group) is 1. The number of aromatic nitrogens is 3. The molecule has 1 unspecified atom stereocenters. The molecule has 4 nitrogen and oxygen atoms in total. The fraction of sp³-hybridized carbons (Fsp3) is 0.500. The maximum absolute atomic E-state index is 6.35. The number of hydrogen-bond donors (Lipinski definition) is 1. The molecule has 0 fully saturated rings. The minimum absolute atomic E-state index is 0.291. The van der Waals surface area contributed by atoms with Gasteiger partial charge in [-0.25, -0.2) is 9.67 Å². The second kappa shape index (κ2) is 7.57. The Morgan fingerprint density at radius 3 is 2.71 bits per heavy atom. The summed E-state index contributed by atoms with van der Waals surface area (Å²) in [5.41, 5.74) is 1.16. The highest BCUT2D eigenvalue weighted by Crippen LogP contribution is 2.26. The summed E-state index contributed by atoms with van der Waals surface area (Å²) in [5.74, 6) is 1.86. The molecule has 2 aromatic rings. The van der Waals surface area contributed by atoms with E-state index in [0.29, 0.717) is 11.8 Å². The molecule has 2 rings (SSSR count). The third-order valence-corrected chi connectivity index (χ3v) is 3.80. The molecule has 1 aromatic heterocycles. The van der Waals surface area contributed by atoms with E-state index >= 15 is 0 Å². The third-order valence-electron chi connectivity index (χ3n) is 3.46. The maximum atomic E-state index is 6.35. The van der Waals surface area contributed by atoms with Crippen LogP contribution >= 0.6 is 11.6 Å². The summed E-state index contributed by atoms with van der Waals surface area (Å²) in [5, 5.41) is 8.40. The molecule has 0 aliphatic carbocycles. The van der Waals surface area contributed by atoms with E-state index in [1.807, 2.05) is 29.9 Å². The van der Waals surface area contributed by atoms with Crippen molar-refractivity contribution in [1.29, 1.82) is 0 Å². The van der Waals surface area contributed by atoms with Gasteiger partial charge in [0, 0.05) is 30.5 Å². The molecule has 0 amide bonds. The molecular weight excluding hydrogens is 284 g/mol. The summed E-state index contributed by atoms with van der Waals surface area (Å²) in [6.45, 7) is 6.12. The van der Waals surface area contributed by atoms with Crippen molar-refractivity contribution in [3.63, 3.8) is 0 Å². The van der Waals surface area contributed by atoms with Gasteiger partial charge in [0.05, 0.1) is 0 Å². The molecule has 0 radical (unpaired) electrons. The molecule has 0 saturated heterocycles. The van der Waals surface area contributed by atoms with Gasteiger partial charge in [0.2, 0.25) is 0 Å². The molecule has 1 aromatic carbocycles.